The zero-order valence-electron chi connectivity index (χ0n) is 14.6. The predicted molar refractivity (Wildman–Crippen MR) is 85.5 cm³/mol. The molecule has 0 saturated heterocycles. The smallest absolute Gasteiger partial charge is 0.198 e. The standard InChI is InChI=1S/C18H13F7N2/c1-6-7(2)27(4)9(26(6)3)5-8-12(19)10-11(14(21)13(8)20)16(23)18(25)17(24)15(10)22/h5H,1-4H3. The highest BCUT2D eigenvalue weighted by Gasteiger charge is 2.31. The van der Waals surface area contributed by atoms with Gasteiger partial charge in [-0.1, -0.05) is 0 Å². The van der Waals surface area contributed by atoms with E-state index in [4.69, 9.17) is 0 Å². The first kappa shape index (κ1) is 19.1. The molecule has 0 N–H and O–H groups in total. The number of fused-ring (bicyclic) bond motifs is 1. The van der Waals surface area contributed by atoms with Crippen molar-refractivity contribution in [3.05, 3.63) is 63.5 Å². The molecule has 27 heavy (non-hydrogen) atoms. The Morgan fingerprint density at radius 1 is 0.556 bits per heavy atom. The highest BCUT2D eigenvalue weighted by Crippen LogP contribution is 2.37. The summed E-state index contributed by atoms with van der Waals surface area (Å²) in [5.41, 5.74) is 0.424. The molecule has 144 valence electrons. The molecule has 0 fully saturated rings. The summed E-state index contributed by atoms with van der Waals surface area (Å²) in [5.74, 6) is -14.4. The summed E-state index contributed by atoms with van der Waals surface area (Å²) in [5, 5.41) is -3.12. The van der Waals surface area contributed by atoms with Gasteiger partial charge in [0.25, 0.3) is 0 Å². The molecule has 1 aliphatic heterocycles. The number of hydrogen-bond acceptors (Lipinski definition) is 2. The molecule has 2 aromatic rings. The molecule has 1 aliphatic rings. The van der Waals surface area contributed by atoms with Crippen LogP contribution >= 0.6 is 0 Å². The molecule has 0 aliphatic carbocycles. The van der Waals surface area contributed by atoms with Crippen LogP contribution in [0, 0.1) is 40.7 Å². The lowest BCUT2D eigenvalue weighted by molar-refractivity contribution is 0.411. The highest BCUT2D eigenvalue weighted by atomic mass is 19.2. The molecular formula is C18H13F7N2. The van der Waals surface area contributed by atoms with Gasteiger partial charge in [-0.25, -0.2) is 30.7 Å². The van der Waals surface area contributed by atoms with Gasteiger partial charge in [0.15, 0.2) is 34.9 Å². The van der Waals surface area contributed by atoms with Crippen molar-refractivity contribution in [2.45, 2.75) is 13.8 Å². The fraction of sp³-hybridized carbons (Fsp3) is 0.222. The lowest BCUT2D eigenvalue weighted by atomic mass is 10.0. The van der Waals surface area contributed by atoms with Gasteiger partial charge in [0, 0.05) is 25.5 Å². The number of nitrogens with zero attached hydrogens (tertiary/aromatic N) is 2. The van der Waals surface area contributed by atoms with E-state index in [-0.39, 0.29) is 5.82 Å². The van der Waals surface area contributed by atoms with Gasteiger partial charge in [0.1, 0.15) is 11.6 Å². The number of hydrogen-bond donors (Lipinski definition) is 0. The largest absolute Gasteiger partial charge is 0.333 e. The van der Waals surface area contributed by atoms with Crippen LogP contribution in [-0.4, -0.2) is 23.9 Å². The first-order valence-corrected chi connectivity index (χ1v) is 7.69. The first-order valence-electron chi connectivity index (χ1n) is 7.69. The minimum absolute atomic E-state index is 0.213. The molecule has 0 amide bonds. The van der Waals surface area contributed by atoms with E-state index in [1.807, 2.05) is 0 Å². The highest BCUT2D eigenvalue weighted by molar-refractivity contribution is 5.88. The quantitative estimate of drug-likeness (QED) is 0.373. The third-order valence-corrected chi connectivity index (χ3v) is 4.86. The first-order chi connectivity index (χ1) is 12.5. The summed E-state index contributed by atoms with van der Waals surface area (Å²) in [7, 11) is 3.16. The lowest BCUT2D eigenvalue weighted by Crippen LogP contribution is -2.19. The van der Waals surface area contributed by atoms with E-state index >= 15 is 0 Å². The number of rotatable bonds is 1. The Morgan fingerprint density at radius 3 is 1.37 bits per heavy atom. The van der Waals surface area contributed by atoms with Gasteiger partial charge in [0.05, 0.1) is 16.3 Å². The number of benzene rings is 2. The summed E-state index contributed by atoms with van der Waals surface area (Å²) >= 11 is 0. The number of halogens is 7. The van der Waals surface area contributed by atoms with Crippen molar-refractivity contribution < 1.29 is 30.7 Å². The van der Waals surface area contributed by atoms with Crippen LogP contribution in [0.25, 0.3) is 16.8 Å². The van der Waals surface area contributed by atoms with Crippen LogP contribution in [0.1, 0.15) is 19.4 Å². The second-order valence-electron chi connectivity index (χ2n) is 6.15. The van der Waals surface area contributed by atoms with Gasteiger partial charge in [0.2, 0.25) is 0 Å². The van der Waals surface area contributed by atoms with Crippen molar-refractivity contribution in [3.8, 4) is 0 Å². The van der Waals surface area contributed by atoms with Crippen molar-refractivity contribution in [2.75, 3.05) is 14.1 Å². The third kappa shape index (κ3) is 2.48. The van der Waals surface area contributed by atoms with Crippen LogP contribution in [-0.2, 0) is 0 Å². The van der Waals surface area contributed by atoms with Crippen molar-refractivity contribution in [1.82, 2.24) is 9.80 Å². The van der Waals surface area contributed by atoms with Crippen molar-refractivity contribution in [2.24, 2.45) is 0 Å². The molecule has 0 atom stereocenters. The van der Waals surface area contributed by atoms with Crippen molar-refractivity contribution >= 4 is 16.8 Å². The van der Waals surface area contributed by atoms with E-state index < -0.39 is 57.1 Å². The molecule has 2 nitrogen and oxygen atoms in total. The van der Waals surface area contributed by atoms with Crippen LogP contribution in [0.2, 0.25) is 0 Å². The van der Waals surface area contributed by atoms with Crippen LogP contribution in [0.4, 0.5) is 30.7 Å². The van der Waals surface area contributed by atoms with E-state index in [1.165, 1.54) is 0 Å². The van der Waals surface area contributed by atoms with E-state index in [2.05, 4.69) is 0 Å². The Hall–Kier alpha value is -2.71. The molecule has 0 spiro atoms. The SMILES string of the molecule is CC1=C(C)N(C)C(=Cc2c(F)c(F)c3c(F)c(F)c(F)c(F)c3c2F)N1C. The monoisotopic (exact) mass is 390 g/mol. The minimum Gasteiger partial charge on any atom is -0.333 e. The van der Waals surface area contributed by atoms with Crippen LogP contribution in [0.15, 0.2) is 17.2 Å². The van der Waals surface area contributed by atoms with Crippen molar-refractivity contribution in [3.63, 3.8) is 0 Å². The zero-order chi connectivity index (χ0) is 20.4. The Labute approximate surface area is 149 Å². The summed E-state index contributed by atoms with van der Waals surface area (Å²) < 4.78 is 98.2. The maximum atomic E-state index is 14.8. The van der Waals surface area contributed by atoms with Gasteiger partial charge < -0.3 is 9.80 Å². The lowest BCUT2D eigenvalue weighted by Gasteiger charge is -2.21. The summed E-state index contributed by atoms with van der Waals surface area (Å²) in [4.78, 5) is 3.08. The molecule has 1 heterocycles. The van der Waals surface area contributed by atoms with E-state index in [0.717, 1.165) is 17.5 Å². The van der Waals surface area contributed by atoms with Gasteiger partial charge in [-0.3, -0.25) is 0 Å². The Balaban J connectivity index is 2.39. The van der Waals surface area contributed by atoms with Crippen LogP contribution in [0.3, 0.4) is 0 Å². The molecule has 3 rings (SSSR count). The molecular weight excluding hydrogens is 377 g/mol. The fourth-order valence-electron chi connectivity index (χ4n) is 3.01. The maximum Gasteiger partial charge on any atom is 0.198 e. The summed E-state index contributed by atoms with van der Waals surface area (Å²) in [6, 6.07) is 0. The van der Waals surface area contributed by atoms with Gasteiger partial charge >= 0.3 is 0 Å². The normalized spacial score (nSPS) is 14.9. The summed E-state index contributed by atoms with van der Waals surface area (Å²) in [6.07, 6.45) is 0.881. The van der Waals surface area contributed by atoms with Crippen LogP contribution in [0.5, 0.6) is 0 Å². The fourth-order valence-corrected chi connectivity index (χ4v) is 3.01. The molecule has 0 unspecified atom stereocenters. The predicted octanol–water partition coefficient (Wildman–Crippen LogP) is 5.24. The molecule has 0 bridgehead atoms. The second kappa shape index (κ2) is 6.17. The average Bonchev–Trinajstić information content (AvgIpc) is 2.81. The Bertz CT molecular complexity index is 1040. The number of allylic oxidation sites excluding steroid dienone is 2. The maximum absolute atomic E-state index is 14.8. The van der Waals surface area contributed by atoms with Gasteiger partial charge in [-0.15, -0.1) is 0 Å². The minimum atomic E-state index is -2.35. The topological polar surface area (TPSA) is 6.48 Å². The average molecular weight is 390 g/mol. The molecule has 0 saturated carbocycles. The molecule has 0 aromatic heterocycles. The zero-order valence-corrected chi connectivity index (χ0v) is 14.6. The Kier molecular flexibility index (Phi) is 4.36. The van der Waals surface area contributed by atoms with E-state index in [0.29, 0.717) is 0 Å². The second-order valence-corrected chi connectivity index (χ2v) is 6.15. The molecule has 9 heteroatoms. The third-order valence-electron chi connectivity index (χ3n) is 4.86. The van der Waals surface area contributed by atoms with E-state index in [9.17, 15) is 30.7 Å². The van der Waals surface area contributed by atoms with Gasteiger partial charge in [-0.2, -0.15) is 0 Å². The van der Waals surface area contributed by atoms with E-state index in [1.54, 1.807) is 37.7 Å². The van der Waals surface area contributed by atoms with Crippen LogP contribution < -0.4 is 0 Å². The molecule has 2 aromatic carbocycles. The summed E-state index contributed by atoms with van der Waals surface area (Å²) in [6.45, 7) is 3.46. The van der Waals surface area contributed by atoms with Crippen molar-refractivity contribution in [1.29, 1.82) is 0 Å². The molecule has 0 radical (unpaired) electrons. The van der Waals surface area contributed by atoms with Gasteiger partial charge in [-0.05, 0) is 19.9 Å². The Morgan fingerprint density at radius 2 is 0.926 bits per heavy atom.